The molecular weight excluding hydrogens is 186 g/mol. The highest BCUT2D eigenvalue weighted by atomic mass is 15.3. The molecule has 0 saturated carbocycles. The number of aryl methyl sites for hydroxylation is 1. The average molecular weight is 201 g/mol. The van der Waals surface area contributed by atoms with Crippen molar-refractivity contribution < 1.29 is 0 Å². The first-order valence-electron chi connectivity index (χ1n) is 5.05. The summed E-state index contributed by atoms with van der Waals surface area (Å²) in [5.74, 6) is 0.712. The zero-order valence-electron chi connectivity index (χ0n) is 9.01. The van der Waals surface area contributed by atoms with E-state index in [-0.39, 0.29) is 6.04 Å². The quantitative estimate of drug-likeness (QED) is 0.810. The van der Waals surface area contributed by atoms with Gasteiger partial charge in [0.25, 0.3) is 0 Å². The Morgan fingerprint density at radius 2 is 1.93 bits per heavy atom. The lowest BCUT2D eigenvalue weighted by Gasteiger charge is -2.13. The Labute approximate surface area is 89.5 Å². The number of hydrogen-bond donors (Lipinski definition) is 1. The molecule has 0 spiro atoms. The topological polar surface area (TPSA) is 43.8 Å². The molecule has 0 saturated heterocycles. The van der Waals surface area contributed by atoms with Crippen LogP contribution in [0.15, 0.2) is 36.4 Å². The first kappa shape index (κ1) is 9.77. The van der Waals surface area contributed by atoms with E-state index >= 15 is 0 Å². The van der Waals surface area contributed by atoms with Gasteiger partial charge in [-0.05, 0) is 19.4 Å². The molecule has 78 valence electrons. The van der Waals surface area contributed by atoms with Crippen molar-refractivity contribution in [2.24, 2.45) is 0 Å². The minimum Gasteiger partial charge on any atom is -0.384 e. The molecule has 2 N–H and O–H groups in total. The molecule has 0 aliphatic carbocycles. The van der Waals surface area contributed by atoms with Crippen LogP contribution in [-0.4, -0.2) is 9.78 Å². The molecule has 0 aliphatic rings. The predicted octanol–water partition coefficient (Wildman–Crippen LogP) is 2.38. The maximum absolute atomic E-state index is 5.88. The van der Waals surface area contributed by atoms with Gasteiger partial charge in [0.1, 0.15) is 5.82 Å². The summed E-state index contributed by atoms with van der Waals surface area (Å²) >= 11 is 0. The lowest BCUT2D eigenvalue weighted by atomic mass is 10.1. The Morgan fingerprint density at radius 3 is 2.47 bits per heavy atom. The molecule has 1 atom stereocenters. The maximum Gasteiger partial charge on any atom is 0.122 e. The summed E-state index contributed by atoms with van der Waals surface area (Å²) in [6.45, 7) is 4.04. The van der Waals surface area contributed by atoms with E-state index in [1.54, 1.807) is 0 Å². The van der Waals surface area contributed by atoms with Gasteiger partial charge in [-0.25, -0.2) is 4.68 Å². The van der Waals surface area contributed by atoms with E-state index in [1.165, 1.54) is 5.56 Å². The van der Waals surface area contributed by atoms with E-state index in [0.717, 1.165) is 5.69 Å². The van der Waals surface area contributed by atoms with Crippen LogP contribution in [0.2, 0.25) is 0 Å². The third-order valence-corrected chi connectivity index (χ3v) is 2.54. The number of anilines is 1. The zero-order chi connectivity index (χ0) is 10.8. The monoisotopic (exact) mass is 201 g/mol. The van der Waals surface area contributed by atoms with E-state index in [9.17, 15) is 0 Å². The third kappa shape index (κ3) is 1.86. The standard InChI is InChI=1S/C12H15N3/c1-9-8-12(13)15(14-9)10(2)11-6-4-3-5-7-11/h3-8,10H,13H2,1-2H3. The zero-order valence-corrected chi connectivity index (χ0v) is 9.01. The van der Waals surface area contributed by atoms with Crippen molar-refractivity contribution in [3.8, 4) is 0 Å². The largest absolute Gasteiger partial charge is 0.384 e. The first-order chi connectivity index (χ1) is 7.18. The van der Waals surface area contributed by atoms with Gasteiger partial charge in [-0.15, -0.1) is 0 Å². The van der Waals surface area contributed by atoms with Crippen molar-refractivity contribution in [3.63, 3.8) is 0 Å². The highest BCUT2D eigenvalue weighted by Gasteiger charge is 2.11. The minimum absolute atomic E-state index is 0.180. The maximum atomic E-state index is 5.88. The van der Waals surface area contributed by atoms with Gasteiger partial charge in [0.2, 0.25) is 0 Å². The van der Waals surface area contributed by atoms with Gasteiger partial charge in [-0.2, -0.15) is 5.10 Å². The van der Waals surface area contributed by atoms with Gasteiger partial charge < -0.3 is 5.73 Å². The average Bonchev–Trinajstić information content (AvgIpc) is 2.58. The Balaban J connectivity index is 2.36. The van der Waals surface area contributed by atoms with Gasteiger partial charge in [-0.3, -0.25) is 0 Å². The number of benzene rings is 1. The van der Waals surface area contributed by atoms with Crippen LogP contribution in [0.3, 0.4) is 0 Å². The molecule has 0 fully saturated rings. The number of aromatic nitrogens is 2. The van der Waals surface area contributed by atoms with Gasteiger partial charge in [0.15, 0.2) is 0 Å². The fourth-order valence-corrected chi connectivity index (χ4v) is 1.72. The van der Waals surface area contributed by atoms with Crippen LogP contribution >= 0.6 is 0 Å². The number of nitrogens with two attached hydrogens (primary N) is 1. The molecule has 0 bridgehead atoms. The highest BCUT2D eigenvalue weighted by Crippen LogP contribution is 2.20. The summed E-state index contributed by atoms with van der Waals surface area (Å²) in [5, 5.41) is 4.38. The summed E-state index contributed by atoms with van der Waals surface area (Å²) in [6.07, 6.45) is 0. The van der Waals surface area contributed by atoms with Crippen molar-refractivity contribution >= 4 is 5.82 Å². The second-order valence-corrected chi connectivity index (χ2v) is 3.74. The van der Waals surface area contributed by atoms with E-state index in [1.807, 2.05) is 35.9 Å². The molecule has 1 unspecified atom stereocenters. The Hall–Kier alpha value is -1.77. The summed E-state index contributed by atoms with van der Waals surface area (Å²) in [4.78, 5) is 0. The molecule has 15 heavy (non-hydrogen) atoms. The predicted molar refractivity (Wildman–Crippen MR) is 61.6 cm³/mol. The van der Waals surface area contributed by atoms with Gasteiger partial charge in [0.05, 0.1) is 11.7 Å². The molecule has 1 aromatic carbocycles. The first-order valence-corrected chi connectivity index (χ1v) is 5.05. The van der Waals surface area contributed by atoms with Crippen molar-refractivity contribution in [3.05, 3.63) is 47.7 Å². The summed E-state index contributed by atoms with van der Waals surface area (Å²) in [5.41, 5.74) is 8.05. The summed E-state index contributed by atoms with van der Waals surface area (Å²) in [7, 11) is 0. The van der Waals surface area contributed by atoms with Crippen molar-refractivity contribution in [1.29, 1.82) is 0 Å². The van der Waals surface area contributed by atoms with Crippen molar-refractivity contribution in [2.75, 3.05) is 5.73 Å². The van der Waals surface area contributed by atoms with E-state index < -0.39 is 0 Å². The number of rotatable bonds is 2. The molecule has 1 aromatic heterocycles. The molecule has 3 nitrogen and oxygen atoms in total. The Morgan fingerprint density at radius 1 is 1.27 bits per heavy atom. The molecule has 2 rings (SSSR count). The van der Waals surface area contributed by atoms with E-state index in [2.05, 4.69) is 24.2 Å². The lowest BCUT2D eigenvalue weighted by molar-refractivity contribution is 0.569. The molecule has 3 heteroatoms. The van der Waals surface area contributed by atoms with E-state index in [0.29, 0.717) is 5.82 Å². The van der Waals surface area contributed by atoms with Crippen LogP contribution in [0.4, 0.5) is 5.82 Å². The normalized spacial score (nSPS) is 12.7. The molecule has 0 amide bonds. The van der Waals surface area contributed by atoms with Crippen LogP contribution in [-0.2, 0) is 0 Å². The Bertz CT molecular complexity index is 445. The fourth-order valence-electron chi connectivity index (χ4n) is 1.72. The fraction of sp³-hybridized carbons (Fsp3) is 0.250. The summed E-state index contributed by atoms with van der Waals surface area (Å²) < 4.78 is 1.85. The molecular formula is C12H15N3. The second-order valence-electron chi connectivity index (χ2n) is 3.74. The SMILES string of the molecule is Cc1cc(N)n(C(C)c2ccccc2)n1. The van der Waals surface area contributed by atoms with Crippen LogP contribution in [0, 0.1) is 6.92 Å². The number of nitrogens with zero attached hydrogens (tertiary/aromatic N) is 2. The van der Waals surface area contributed by atoms with Crippen molar-refractivity contribution in [1.82, 2.24) is 9.78 Å². The van der Waals surface area contributed by atoms with Gasteiger partial charge in [-0.1, -0.05) is 30.3 Å². The molecule has 0 aliphatic heterocycles. The number of nitrogen functional groups attached to an aromatic ring is 1. The minimum atomic E-state index is 0.180. The molecule has 2 aromatic rings. The van der Waals surface area contributed by atoms with Crippen molar-refractivity contribution in [2.45, 2.75) is 19.9 Å². The second kappa shape index (κ2) is 3.77. The number of hydrogen-bond acceptors (Lipinski definition) is 2. The lowest BCUT2D eigenvalue weighted by Crippen LogP contribution is -2.11. The van der Waals surface area contributed by atoms with Crippen LogP contribution in [0.1, 0.15) is 24.2 Å². The molecule has 0 radical (unpaired) electrons. The summed E-state index contributed by atoms with van der Waals surface area (Å²) in [6, 6.07) is 12.3. The van der Waals surface area contributed by atoms with Gasteiger partial charge in [0, 0.05) is 6.07 Å². The Kier molecular flexibility index (Phi) is 2.46. The third-order valence-electron chi connectivity index (χ3n) is 2.54. The van der Waals surface area contributed by atoms with E-state index in [4.69, 9.17) is 5.73 Å². The van der Waals surface area contributed by atoms with Crippen LogP contribution < -0.4 is 5.73 Å². The highest BCUT2D eigenvalue weighted by molar-refractivity contribution is 5.33. The van der Waals surface area contributed by atoms with Crippen LogP contribution in [0.5, 0.6) is 0 Å². The van der Waals surface area contributed by atoms with Gasteiger partial charge >= 0.3 is 0 Å². The smallest absolute Gasteiger partial charge is 0.122 e. The van der Waals surface area contributed by atoms with Crippen LogP contribution in [0.25, 0.3) is 0 Å². The molecule has 1 heterocycles.